The molecule has 2 aliphatic heterocycles. The molecule has 3 heterocycles. The van der Waals surface area contributed by atoms with Gasteiger partial charge in [0.05, 0.1) is 38.1 Å². The molecule has 2 aromatic carbocycles. The van der Waals surface area contributed by atoms with E-state index < -0.39 is 0 Å². The van der Waals surface area contributed by atoms with Crippen molar-refractivity contribution in [2.24, 2.45) is 0 Å². The number of carbonyl (C=O) groups is 1. The summed E-state index contributed by atoms with van der Waals surface area (Å²) in [5.74, 6) is 1.23. The predicted molar refractivity (Wildman–Crippen MR) is 127 cm³/mol. The van der Waals surface area contributed by atoms with Crippen LogP contribution in [0.15, 0.2) is 66.9 Å². The van der Waals surface area contributed by atoms with Crippen molar-refractivity contribution in [3.63, 3.8) is 0 Å². The second-order valence-corrected chi connectivity index (χ2v) is 8.23. The molecule has 4 atom stereocenters. The van der Waals surface area contributed by atoms with Crippen LogP contribution in [0.5, 0.6) is 5.75 Å². The molecule has 2 saturated heterocycles. The third-order valence-electron chi connectivity index (χ3n) is 6.02. The highest BCUT2D eigenvalue weighted by Crippen LogP contribution is 2.30. The fourth-order valence-electron chi connectivity index (χ4n) is 4.34. The number of nitrogens with one attached hydrogen (secondary N) is 3. The summed E-state index contributed by atoms with van der Waals surface area (Å²) < 4.78 is 17.4. The molecule has 0 saturated carbocycles. The van der Waals surface area contributed by atoms with Gasteiger partial charge >= 0.3 is 6.03 Å². The lowest BCUT2D eigenvalue weighted by Gasteiger charge is -2.19. The van der Waals surface area contributed by atoms with Gasteiger partial charge in [-0.1, -0.05) is 42.5 Å². The summed E-state index contributed by atoms with van der Waals surface area (Å²) >= 11 is 0. The number of rotatable bonds is 7. The molecule has 3 aromatic rings. The van der Waals surface area contributed by atoms with Crippen molar-refractivity contribution >= 4 is 12.0 Å². The molecule has 0 bridgehead atoms. The van der Waals surface area contributed by atoms with Crippen LogP contribution in [-0.4, -0.2) is 60.6 Å². The van der Waals surface area contributed by atoms with E-state index in [1.54, 1.807) is 13.3 Å². The summed E-state index contributed by atoms with van der Waals surface area (Å²) in [6, 6.07) is 18.7. The van der Waals surface area contributed by atoms with Gasteiger partial charge in [-0.25, -0.2) is 14.8 Å². The second kappa shape index (κ2) is 10.1. The summed E-state index contributed by atoms with van der Waals surface area (Å²) in [5.41, 5.74) is 2.68. The highest BCUT2D eigenvalue weighted by atomic mass is 16.6. The maximum Gasteiger partial charge on any atom is 0.315 e. The lowest BCUT2D eigenvalue weighted by atomic mass is 10.1. The molecule has 176 valence electrons. The minimum atomic E-state index is -0.244. The average Bonchev–Trinajstić information content (AvgIpc) is 3.47. The van der Waals surface area contributed by atoms with Crippen LogP contribution >= 0.6 is 0 Å². The smallest absolute Gasteiger partial charge is 0.315 e. The van der Waals surface area contributed by atoms with Crippen molar-refractivity contribution in [3.8, 4) is 17.0 Å². The number of ether oxygens (including phenoxy) is 3. The van der Waals surface area contributed by atoms with E-state index >= 15 is 0 Å². The summed E-state index contributed by atoms with van der Waals surface area (Å²) in [5, 5.41) is 9.20. The van der Waals surface area contributed by atoms with Gasteiger partial charge in [0.1, 0.15) is 18.0 Å². The minimum Gasteiger partial charge on any atom is -0.496 e. The number of fused-ring (bicyclic) bond motifs is 1. The molecule has 0 spiro atoms. The Kier molecular flexibility index (Phi) is 6.55. The number of nitrogens with zero attached hydrogens (tertiary/aromatic N) is 2. The fraction of sp³-hybridized carbons (Fsp3) is 0.320. The van der Waals surface area contributed by atoms with Crippen LogP contribution in [0.4, 0.5) is 10.7 Å². The molecule has 5 rings (SSSR count). The van der Waals surface area contributed by atoms with E-state index in [1.165, 1.54) is 0 Å². The Morgan fingerprint density at radius 1 is 1.00 bits per heavy atom. The Bertz CT molecular complexity index is 1130. The minimum absolute atomic E-state index is 0.128. The summed E-state index contributed by atoms with van der Waals surface area (Å²) in [6.45, 7) is 1.27. The van der Waals surface area contributed by atoms with E-state index in [1.807, 2.05) is 60.7 Å². The zero-order chi connectivity index (χ0) is 23.3. The molecule has 2 aliphatic rings. The standard InChI is InChI=1S/C25H27N5O4/c1-32-21-10-6-5-9-17(21)18-11-12-26-24(28-18)29-19-14-33-23-20(15-34-22(19)23)30-25(31)27-13-16-7-3-2-4-8-16/h2-12,19-20,22-23H,13-15H2,1H3,(H,26,28,29)(H2,27,30,31)/t19-,20-,22+,23+/m0/s1. The number of hydrogen-bond donors (Lipinski definition) is 3. The molecule has 9 heteroatoms. The molecule has 0 aliphatic carbocycles. The van der Waals surface area contributed by atoms with E-state index in [0.29, 0.717) is 25.7 Å². The first-order valence-corrected chi connectivity index (χ1v) is 11.3. The highest BCUT2D eigenvalue weighted by Gasteiger charge is 2.48. The topological polar surface area (TPSA) is 107 Å². The van der Waals surface area contributed by atoms with Crippen molar-refractivity contribution in [1.82, 2.24) is 20.6 Å². The van der Waals surface area contributed by atoms with E-state index in [-0.39, 0.29) is 30.3 Å². The molecule has 9 nitrogen and oxygen atoms in total. The number of para-hydroxylation sites is 1. The number of methoxy groups -OCH3 is 1. The molecule has 1 aromatic heterocycles. The quantitative estimate of drug-likeness (QED) is 0.497. The van der Waals surface area contributed by atoms with Crippen LogP contribution in [-0.2, 0) is 16.0 Å². The third-order valence-corrected chi connectivity index (χ3v) is 6.02. The van der Waals surface area contributed by atoms with Crippen LogP contribution in [0.3, 0.4) is 0 Å². The number of aromatic nitrogens is 2. The first kappa shape index (κ1) is 22.1. The summed E-state index contributed by atoms with van der Waals surface area (Å²) in [6.07, 6.45) is 1.26. The molecule has 3 N–H and O–H groups in total. The maximum atomic E-state index is 12.4. The van der Waals surface area contributed by atoms with Gasteiger partial charge < -0.3 is 30.2 Å². The van der Waals surface area contributed by atoms with Gasteiger partial charge in [0, 0.05) is 18.3 Å². The normalized spacial score (nSPS) is 23.2. The number of anilines is 1. The first-order chi connectivity index (χ1) is 16.7. The molecular formula is C25H27N5O4. The fourth-order valence-corrected chi connectivity index (χ4v) is 4.34. The van der Waals surface area contributed by atoms with Crippen LogP contribution in [0, 0.1) is 0 Å². The van der Waals surface area contributed by atoms with Crippen molar-refractivity contribution in [1.29, 1.82) is 0 Å². The number of urea groups is 1. The molecule has 0 radical (unpaired) electrons. The SMILES string of the molecule is COc1ccccc1-c1ccnc(N[C@H]2CO[C@H]3[C@@H]2OC[C@@H]3NC(=O)NCc2ccccc2)n1. The Hall–Kier alpha value is -3.69. The van der Waals surface area contributed by atoms with Crippen molar-refractivity contribution in [2.75, 3.05) is 25.6 Å². The lowest BCUT2D eigenvalue weighted by Crippen LogP contribution is -2.48. The zero-order valence-electron chi connectivity index (χ0n) is 18.8. The van der Waals surface area contributed by atoms with Crippen LogP contribution < -0.4 is 20.7 Å². The van der Waals surface area contributed by atoms with Gasteiger partial charge in [0.25, 0.3) is 0 Å². The van der Waals surface area contributed by atoms with Gasteiger partial charge in [0.2, 0.25) is 5.95 Å². The zero-order valence-corrected chi connectivity index (χ0v) is 18.8. The lowest BCUT2D eigenvalue weighted by molar-refractivity contribution is 0.0682. The Balaban J connectivity index is 1.18. The Morgan fingerprint density at radius 2 is 1.74 bits per heavy atom. The van der Waals surface area contributed by atoms with Gasteiger partial charge in [-0.2, -0.15) is 0 Å². The molecular weight excluding hydrogens is 434 g/mol. The average molecular weight is 462 g/mol. The van der Waals surface area contributed by atoms with Gasteiger partial charge in [-0.15, -0.1) is 0 Å². The second-order valence-electron chi connectivity index (χ2n) is 8.23. The van der Waals surface area contributed by atoms with Crippen LogP contribution in [0.25, 0.3) is 11.3 Å². The molecule has 2 amide bonds. The summed E-state index contributed by atoms with van der Waals surface area (Å²) in [7, 11) is 1.64. The largest absolute Gasteiger partial charge is 0.496 e. The van der Waals surface area contributed by atoms with Gasteiger partial charge in [-0.3, -0.25) is 0 Å². The molecule has 0 unspecified atom stereocenters. The van der Waals surface area contributed by atoms with Gasteiger partial charge in [0.15, 0.2) is 0 Å². The Labute approximate surface area is 197 Å². The van der Waals surface area contributed by atoms with Crippen LogP contribution in [0.1, 0.15) is 5.56 Å². The van der Waals surface area contributed by atoms with E-state index in [2.05, 4.69) is 25.9 Å². The molecule has 2 fully saturated rings. The van der Waals surface area contributed by atoms with Crippen molar-refractivity contribution < 1.29 is 19.0 Å². The van der Waals surface area contributed by atoms with E-state index in [9.17, 15) is 4.79 Å². The van der Waals surface area contributed by atoms with Gasteiger partial charge in [-0.05, 0) is 23.8 Å². The Morgan fingerprint density at radius 3 is 2.56 bits per heavy atom. The number of amides is 2. The third kappa shape index (κ3) is 4.80. The van der Waals surface area contributed by atoms with E-state index in [0.717, 1.165) is 22.6 Å². The van der Waals surface area contributed by atoms with Crippen LogP contribution in [0.2, 0.25) is 0 Å². The first-order valence-electron chi connectivity index (χ1n) is 11.3. The number of hydrogen-bond acceptors (Lipinski definition) is 7. The number of benzene rings is 2. The predicted octanol–water partition coefficient (Wildman–Crippen LogP) is 2.60. The van der Waals surface area contributed by atoms with E-state index in [4.69, 9.17) is 14.2 Å². The van der Waals surface area contributed by atoms with Crippen molar-refractivity contribution in [2.45, 2.75) is 30.8 Å². The highest BCUT2D eigenvalue weighted by molar-refractivity contribution is 5.74. The monoisotopic (exact) mass is 461 g/mol. The summed E-state index contributed by atoms with van der Waals surface area (Å²) in [4.78, 5) is 21.4. The van der Waals surface area contributed by atoms with Crippen molar-refractivity contribution in [3.05, 3.63) is 72.4 Å². The molecule has 34 heavy (non-hydrogen) atoms. The number of carbonyl (C=O) groups excluding carboxylic acids is 1. The maximum absolute atomic E-state index is 12.4.